The van der Waals surface area contributed by atoms with Crippen LogP contribution in [0.15, 0.2) is 0 Å². The summed E-state index contributed by atoms with van der Waals surface area (Å²) in [4.78, 5) is 15.0. The van der Waals surface area contributed by atoms with E-state index in [0.29, 0.717) is 17.9 Å². The van der Waals surface area contributed by atoms with Crippen LogP contribution in [-0.4, -0.2) is 40.1 Å². The molecule has 0 bridgehead atoms. The van der Waals surface area contributed by atoms with E-state index in [1.54, 1.807) is 0 Å². The van der Waals surface area contributed by atoms with Gasteiger partial charge in [-0.15, -0.1) is 0 Å². The first-order valence-electron chi connectivity index (χ1n) is 8.76. The van der Waals surface area contributed by atoms with Crippen molar-refractivity contribution in [2.24, 2.45) is 5.92 Å². The van der Waals surface area contributed by atoms with Crippen molar-refractivity contribution in [3.05, 3.63) is 0 Å². The lowest BCUT2D eigenvalue weighted by Crippen LogP contribution is -2.44. The molecule has 0 aromatic rings. The van der Waals surface area contributed by atoms with Gasteiger partial charge in [-0.3, -0.25) is 10.1 Å². The molecule has 21 heavy (non-hydrogen) atoms. The number of amides is 1. The third-order valence-corrected chi connectivity index (χ3v) is 5.94. The van der Waals surface area contributed by atoms with Gasteiger partial charge in [0.2, 0.25) is 5.91 Å². The van der Waals surface area contributed by atoms with E-state index in [2.05, 4.69) is 49.7 Å². The highest BCUT2D eigenvalue weighted by molar-refractivity contribution is 7.99. The van der Waals surface area contributed by atoms with Crippen LogP contribution in [0, 0.1) is 5.92 Å². The summed E-state index contributed by atoms with van der Waals surface area (Å²) in [6, 6.07) is 0.538. The fourth-order valence-electron chi connectivity index (χ4n) is 3.83. The van der Waals surface area contributed by atoms with Gasteiger partial charge in [-0.2, -0.15) is 11.8 Å². The van der Waals surface area contributed by atoms with Gasteiger partial charge in [-0.05, 0) is 43.8 Å². The van der Waals surface area contributed by atoms with Crippen LogP contribution >= 0.6 is 11.8 Å². The lowest BCUT2D eigenvalue weighted by molar-refractivity contribution is -0.132. The van der Waals surface area contributed by atoms with Crippen molar-refractivity contribution >= 4 is 17.7 Å². The number of nitrogens with zero attached hydrogens (tertiary/aromatic N) is 1. The van der Waals surface area contributed by atoms with Gasteiger partial charge in [0.1, 0.15) is 0 Å². The largest absolute Gasteiger partial charge is 0.323 e. The molecule has 0 aromatic carbocycles. The second-order valence-corrected chi connectivity index (χ2v) is 8.52. The first-order chi connectivity index (χ1) is 10.1. The average Bonchev–Trinajstić information content (AvgIpc) is 2.96. The minimum absolute atomic E-state index is 0.0663. The molecule has 1 heterocycles. The molecule has 2 fully saturated rings. The van der Waals surface area contributed by atoms with Gasteiger partial charge in [-0.1, -0.05) is 34.1 Å². The fourth-order valence-corrected chi connectivity index (χ4v) is 4.96. The smallest absolute Gasteiger partial charge is 0.241 e. The van der Waals surface area contributed by atoms with E-state index >= 15 is 0 Å². The standard InChI is InChI=1S/C17H32N2OS/c1-5-7-15-17(20)19(16(18-15)10-12(3)4)13-8-9-14(11-13)21-6-2/h12-16,18H,5-11H2,1-4H3. The Labute approximate surface area is 134 Å². The number of hydrogen-bond acceptors (Lipinski definition) is 3. The Bertz CT molecular complexity index is 348. The molecular formula is C17H32N2OS. The molecule has 4 unspecified atom stereocenters. The van der Waals surface area contributed by atoms with Gasteiger partial charge >= 0.3 is 0 Å². The monoisotopic (exact) mass is 312 g/mol. The summed E-state index contributed by atoms with van der Waals surface area (Å²) in [7, 11) is 0. The Kier molecular flexibility index (Phi) is 6.42. The molecule has 1 saturated heterocycles. The molecule has 1 aliphatic heterocycles. The van der Waals surface area contributed by atoms with E-state index in [-0.39, 0.29) is 12.2 Å². The molecule has 4 heteroatoms. The van der Waals surface area contributed by atoms with Crippen molar-refractivity contribution in [3.8, 4) is 0 Å². The van der Waals surface area contributed by atoms with Crippen molar-refractivity contribution in [2.45, 2.75) is 89.7 Å². The van der Waals surface area contributed by atoms with E-state index in [1.807, 2.05) is 0 Å². The Morgan fingerprint density at radius 2 is 2.10 bits per heavy atom. The van der Waals surface area contributed by atoms with E-state index < -0.39 is 0 Å². The molecule has 0 spiro atoms. The van der Waals surface area contributed by atoms with Gasteiger partial charge in [0.05, 0.1) is 12.2 Å². The van der Waals surface area contributed by atoms with Crippen molar-refractivity contribution in [3.63, 3.8) is 0 Å². The van der Waals surface area contributed by atoms with Crippen LogP contribution in [0.3, 0.4) is 0 Å². The highest BCUT2D eigenvalue weighted by Crippen LogP contribution is 2.36. The topological polar surface area (TPSA) is 32.3 Å². The molecule has 1 saturated carbocycles. The maximum Gasteiger partial charge on any atom is 0.241 e. The van der Waals surface area contributed by atoms with E-state index in [0.717, 1.165) is 24.5 Å². The average molecular weight is 313 g/mol. The van der Waals surface area contributed by atoms with Crippen LogP contribution in [-0.2, 0) is 4.79 Å². The van der Waals surface area contributed by atoms with Crippen LogP contribution < -0.4 is 5.32 Å². The van der Waals surface area contributed by atoms with Crippen LogP contribution in [0.5, 0.6) is 0 Å². The molecule has 0 radical (unpaired) electrons. The Balaban J connectivity index is 2.04. The van der Waals surface area contributed by atoms with E-state index in [1.165, 1.54) is 25.0 Å². The molecule has 0 aromatic heterocycles. The molecular weight excluding hydrogens is 280 g/mol. The van der Waals surface area contributed by atoms with E-state index in [9.17, 15) is 4.79 Å². The van der Waals surface area contributed by atoms with Crippen LogP contribution in [0.1, 0.15) is 66.2 Å². The summed E-state index contributed by atoms with van der Waals surface area (Å²) in [6.07, 6.45) is 7.06. The second-order valence-electron chi connectivity index (χ2n) is 6.94. The Morgan fingerprint density at radius 3 is 2.71 bits per heavy atom. The molecule has 1 amide bonds. The zero-order valence-corrected chi connectivity index (χ0v) is 14.9. The SMILES string of the molecule is CCCC1NC(CC(C)C)N(C2CCC(SCC)C2)C1=O. The molecule has 1 aliphatic carbocycles. The summed E-state index contributed by atoms with van der Waals surface area (Å²) >= 11 is 2.07. The summed E-state index contributed by atoms with van der Waals surface area (Å²) in [6.45, 7) is 8.90. The third-order valence-electron chi connectivity index (χ3n) is 4.71. The summed E-state index contributed by atoms with van der Waals surface area (Å²) in [5.74, 6) is 2.19. The number of rotatable bonds is 7. The van der Waals surface area contributed by atoms with Crippen LogP contribution in [0.4, 0.5) is 0 Å². The molecule has 2 aliphatic rings. The first kappa shape index (κ1) is 17.1. The Morgan fingerprint density at radius 1 is 1.33 bits per heavy atom. The first-order valence-corrected chi connectivity index (χ1v) is 9.81. The molecule has 122 valence electrons. The van der Waals surface area contributed by atoms with Gasteiger partial charge in [0, 0.05) is 11.3 Å². The van der Waals surface area contributed by atoms with Gasteiger partial charge in [-0.25, -0.2) is 0 Å². The van der Waals surface area contributed by atoms with Gasteiger partial charge in [0.25, 0.3) is 0 Å². The van der Waals surface area contributed by atoms with Crippen molar-refractivity contribution < 1.29 is 4.79 Å². The number of carbonyl (C=O) groups excluding carboxylic acids is 1. The normalized spacial score (nSPS) is 33.4. The maximum absolute atomic E-state index is 12.8. The zero-order valence-electron chi connectivity index (χ0n) is 14.1. The van der Waals surface area contributed by atoms with Crippen molar-refractivity contribution in [1.29, 1.82) is 0 Å². The summed E-state index contributed by atoms with van der Waals surface area (Å²) < 4.78 is 0. The zero-order chi connectivity index (χ0) is 15.4. The number of thioether (sulfide) groups is 1. The van der Waals surface area contributed by atoms with Crippen LogP contribution in [0.25, 0.3) is 0 Å². The predicted molar refractivity (Wildman–Crippen MR) is 91.5 cm³/mol. The summed E-state index contributed by atoms with van der Waals surface area (Å²) in [5, 5.41) is 4.38. The maximum atomic E-state index is 12.8. The molecule has 3 nitrogen and oxygen atoms in total. The number of nitrogens with one attached hydrogen (secondary N) is 1. The minimum Gasteiger partial charge on any atom is -0.323 e. The number of hydrogen-bond donors (Lipinski definition) is 1. The fraction of sp³-hybridized carbons (Fsp3) is 0.941. The lowest BCUT2D eigenvalue weighted by atomic mass is 10.1. The molecule has 4 atom stereocenters. The quantitative estimate of drug-likeness (QED) is 0.779. The van der Waals surface area contributed by atoms with Gasteiger partial charge in [0.15, 0.2) is 0 Å². The minimum atomic E-state index is 0.0663. The van der Waals surface area contributed by atoms with Crippen LogP contribution in [0.2, 0.25) is 0 Å². The van der Waals surface area contributed by atoms with Crippen molar-refractivity contribution in [1.82, 2.24) is 10.2 Å². The van der Waals surface area contributed by atoms with Gasteiger partial charge < -0.3 is 4.90 Å². The highest BCUT2D eigenvalue weighted by atomic mass is 32.2. The Hall–Kier alpha value is -0.220. The lowest BCUT2D eigenvalue weighted by Gasteiger charge is -2.31. The van der Waals surface area contributed by atoms with E-state index in [4.69, 9.17) is 0 Å². The second kappa shape index (κ2) is 7.87. The predicted octanol–water partition coefficient (Wildman–Crippen LogP) is 3.63. The third kappa shape index (κ3) is 4.16. The highest BCUT2D eigenvalue weighted by Gasteiger charge is 2.44. The molecule has 1 N–H and O–H groups in total. The van der Waals surface area contributed by atoms with Crippen molar-refractivity contribution in [2.75, 3.05) is 5.75 Å². The number of carbonyl (C=O) groups is 1. The molecule has 2 rings (SSSR count). The summed E-state index contributed by atoms with van der Waals surface area (Å²) in [5.41, 5.74) is 0.